The van der Waals surface area contributed by atoms with E-state index in [9.17, 15) is 37.5 Å². The number of hydrogen-bond acceptors (Lipinski definition) is 25. The molecule has 4 saturated heterocycles. The number of benzene rings is 4. The van der Waals surface area contributed by atoms with Crippen LogP contribution in [0.5, 0.6) is 0 Å². The Labute approximate surface area is 930 Å². The van der Waals surface area contributed by atoms with Gasteiger partial charge in [0.1, 0.15) is 22.8 Å². The van der Waals surface area contributed by atoms with Crippen LogP contribution in [0.2, 0.25) is 0 Å². The number of amides is 2. The number of rotatable bonds is 11. The van der Waals surface area contributed by atoms with Crippen molar-refractivity contribution >= 4 is 88.3 Å². The molecule has 0 saturated carbocycles. The van der Waals surface area contributed by atoms with Crippen molar-refractivity contribution in [2.24, 2.45) is 20.0 Å². The van der Waals surface area contributed by atoms with Gasteiger partial charge in [-0.25, -0.2) is 29.5 Å². The van der Waals surface area contributed by atoms with Crippen molar-refractivity contribution in [3.05, 3.63) is 343 Å². The molecule has 2 amide bonds. The zero-order chi connectivity index (χ0) is 96.4. The Morgan fingerprint density at radius 2 is 0.739 bits per heavy atom. The SMILES string of the molecule is CC(C)(C)OC(=O)N1CCN(c2cc(C3=NCc4ccc(-c5cc[nH]c(=O)c5)cc43)ccn2)CC1.CC(C)(C)OC(=O)N1CCNCC1.CC1(C)OB(c2ccc3c(c2)C(c2ccnc(F)c2)=NC3)OC1(C)C.O=CO[O-].O=c1cc(-c2ccc3c(c2)C(c2ccnc(F)c2)=NC3)cc[nH]1.O=c1cc(-c2ccc3c(c2)C(c2ccnc(N4CCNCC4)c2)=NC3)cc[nH]1.O=c1cc(I)cc[nH]1.[Cs+].[Cs+].[H-]. The van der Waals surface area contributed by atoms with E-state index in [0.717, 1.165) is 185 Å². The molecule has 0 spiro atoms. The Morgan fingerprint density at radius 1 is 0.420 bits per heavy atom. The summed E-state index contributed by atoms with van der Waals surface area (Å²) in [5, 5.41) is 15.0. The average molecular weight is 2220 g/mol. The summed E-state index contributed by atoms with van der Waals surface area (Å²) in [6.45, 7) is 31.4. The summed E-state index contributed by atoms with van der Waals surface area (Å²) in [6.07, 6.45) is 12.7. The van der Waals surface area contributed by atoms with Crippen molar-refractivity contribution < 1.29 is 191 Å². The summed E-state index contributed by atoms with van der Waals surface area (Å²) in [5.41, 5.74) is 20.2. The molecule has 16 heterocycles. The monoisotopic (exact) mass is 2220 g/mol. The van der Waals surface area contributed by atoms with E-state index in [1.165, 1.54) is 30.1 Å². The maximum absolute atomic E-state index is 13.5. The van der Waals surface area contributed by atoms with Crippen LogP contribution in [0.25, 0.3) is 33.4 Å². The molecule has 0 aliphatic carbocycles. The Kier molecular flexibility index (Phi) is 38.0. The molecule has 8 aliphatic rings. The van der Waals surface area contributed by atoms with Gasteiger partial charge in [0.05, 0.1) is 60.2 Å². The van der Waals surface area contributed by atoms with E-state index in [2.05, 4.69) is 140 Å². The summed E-state index contributed by atoms with van der Waals surface area (Å²) in [5.74, 6) is 0.842. The normalized spacial score (nSPS) is 15.5. The predicted molar refractivity (Wildman–Crippen MR) is 528 cm³/mol. The number of nitrogens with one attached hydrogen (secondary N) is 6. The molecule has 20 rings (SSSR count). The third-order valence-corrected chi connectivity index (χ3v) is 23.9. The number of carbonyl (C=O) groups is 3. The number of pyridine rings is 8. The molecule has 0 unspecified atom stereocenters. The largest absolute Gasteiger partial charge is 1.00 e. The van der Waals surface area contributed by atoms with E-state index in [1.54, 1.807) is 71.0 Å². The number of carbonyl (C=O) groups excluding carboxylic acids is 3. The molecular formula is C101H106BCs2F2IN18O13. The second-order valence-electron chi connectivity index (χ2n) is 35.6. The van der Waals surface area contributed by atoms with Crippen LogP contribution in [-0.2, 0) is 54.6 Å². The van der Waals surface area contributed by atoms with Crippen LogP contribution in [0.1, 0.15) is 137 Å². The van der Waals surface area contributed by atoms with Gasteiger partial charge >= 0.3 is 157 Å². The van der Waals surface area contributed by atoms with Gasteiger partial charge in [-0.3, -0.25) is 43.9 Å². The Balaban J connectivity index is 0.000000164. The number of aromatic amines is 4. The van der Waals surface area contributed by atoms with Gasteiger partial charge in [0.25, 0.3) is 6.47 Å². The Morgan fingerprint density at radius 3 is 1.08 bits per heavy atom. The third kappa shape index (κ3) is 28.7. The second-order valence-corrected chi connectivity index (χ2v) is 36.9. The van der Waals surface area contributed by atoms with Crippen LogP contribution in [0.4, 0.5) is 30.0 Å². The van der Waals surface area contributed by atoms with E-state index < -0.39 is 24.6 Å². The van der Waals surface area contributed by atoms with Gasteiger partial charge in [-0.15, -0.1) is 0 Å². The van der Waals surface area contributed by atoms with Crippen LogP contribution in [0.15, 0.2) is 259 Å². The van der Waals surface area contributed by atoms with E-state index in [1.807, 2.05) is 160 Å². The first kappa shape index (κ1) is 107. The number of hydrogen-bond donors (Lipinski definition) is 6. The number of halogens is 3. The molecule has 0 atom stereocenters. The standard InChI is InChI=1S/C27H29N5O3.C22H21N5O.C19H20BFN2O2.C18H12FN3O.C9H18N2O2.C5H4INO.CH2O3.2Cs.H/c1-27(2,3)35-26(34)32-12-10-31(11-13-32)23-15-20(7-8-28-23)25-22-14-18(4-5-21(22)17-30-25)19-6-9-29-24(33)16-19;28-21-13-16(3-6-25-21)15-1-2-18-14-26-22(19(18)11-15)17-4-5-24-20(12-17)27-9-7-23-8-10-27;1-18(2)19(3,4)25-20(24-18)14-6-5-13-11-23-17(15(13)10-14)12-7-8-22-16(21)9-12;19-16-8-13(4-5-20-16)18-15-7-11(1-2-14(15)10-22-18)12-3-6-21-17(23)9-12;1-9(2,3)13-8(12)11-6-4-10-5-7-11;6-4-1-2-7-5(8)3-4;2-1-4-3;;;/h4-9,14-16H,10-13,17H2,1-3H3,(H,29,33);1-6,11-13,23H,7-10,14H2,(H,25,28);5-10H,11H2,1-4H3;1-9H,10H2,(H,21,23);10H,4-7H2,1-3H3;1-3H,(H,7,8);1,3H;;;/q;;;;;;;2*+1;-1/p-1. The van der Waals surface area contributed by atoms with Gasteiger partial charge in [-0.05, 0) is 232 Å². The van der Waals surface area contributed by atoms with E-state index in [0.29, 0.717) is 57.9 Å². The first-order valence-electron chi connectivity index (χ1n) is 44.5. The van der Waals surface area contributed by atoms with Crippen molar-refractivity contribution in [2.75, 3.05) is 88.3 Å². The first-order valence-corrected chi connectivity index (χ1v) is 45.5. The van der Waals surface area contributed by atoms with Crippen molar-refractivity contribution in [1.82, 2.24) is 60.3 Å². The first-order chi connectivity index (χ1) is 65.2. The minimum absolute atomic E-state index is 0. The van der Waals surface area contributed by atoms with Gasteiger partial charge in [0.2, 0.25) is 34.1 Å². The third-order valence-electron chi connectivity index (χ3n) is 23.2. The smallest absolute Gasteiger partial charge is 1.00 e. The van der Waals surface area contributed by atoms with Crippen molar-refractivity contribution in [3.8, 4) is 33.4 Å². The van der Waals surface area contributed by atoms with Crippen molar-refractivity contribution in [1.29, 1.82) is 0 Å². The quantitative estimate of drug-likeness (QED) is 0.0209. The summed E-state index contributed by atoms with van der Waals surface area (Å²) in [7, 11) is -0.425. The van der Waals surface area contributed by atoms with Gasteiger partial charge in [-0.2, -0.15) is 8.78 Å². The predicted octanol–water partition coefficient (Wildman–Crippen LogP) is 6.20. The van der Waals surface area contributed by atoms with Crippen LogP contribution in [-0.4, -0.2) is 199 Å². The average Bonchev–Trinajstić information content (AvgIpc) is 1.60. The molecule has 0 bridgehead atoms. The number of H-pyrrole nitrogens is 4. The van der Waals surface area contributed by atoms with Gasteiger partial charge in [-0.1, -0.05) is 54.6 Å². The fourth-order valence-electron chi connectivity index (χ4n) is 15.8. The van der Waals surface area contributed by atoms with Crippen LogP contribution in [0.3, 0.4) is 0 Å². The molecule has 8 aliphatic heterocycles. The van der Waals surface area contributed by atoms with Crippen LogP contribution < -0.4 is 191 Å². The molecule has 704 valence electrons. The van der Waals surface area contributed by atoms with Gasteiger partial charge in [0.15, 0.2) is 0 Å². The Bertz CT molecular complexity index is 6740. The minimum atomic E-state index is -0.524. The van der Waals surface area contributed by atoms with Crippen molar-refractivity contribution in [3.63, 3.8) is 0 Å². The van der Waals surface area contributed by atoms with E-state index >= 15 is 0 Å². The summed E-state index contributed by atoms with van der Waals surface area (Å²) >= 11 is 2.09. The van der Waals surface area contributed by atoms with E-state index in [-0.39, 0.29) is 197 Å². The summed E-state index contributed by atoms with van der Waals surface area (Å²) in [6, 6.07) is 53.0. The molecular weight excluding hydrogens is 2110 g/mol. The maximum Gasteiger partial charge on any atom is 1.00 e. The fourth-order valence-corrected chi connectivity index (χ4v) is 16.2. The number of piperazine rings is 3. The Hall–Kier alpha value is -9.87. The zero-order valence-electron chi connectivity index (χ0n) is 80.1. The minimum Gasteiger partial charge on any atom is -1.00 e. The molecule has 4 aromatic carbocycles. The molecule has 138 heavy (non-hydrogen) atoms. The topological polar surface area (TPSA) is 390 Å². The summed E-state index contributed by atoms with van der Waals surface area (Å²) in [4.78, 5) is 134. The summed E-state index contributed by atoms with van der Waals surface area (Å²) < 4.78 is 50.8. The molecule has 8 aromatic heterocycles. The van der Waals surface area contributed by atoms with Crippen LogP contribution >= 0.6 is 22.6 Å². The number of fused-ring (bicyclic) bond motifs is 4. The van der Waals surface area contributed by atoms with Gasteiger partial charge in [0, 0.05) is 213 Å². The number of anilines is 2. The maximum atomic E-state index is 13.5. The molecule has 12 aromatic rings. The van der Waals surface area contributed by atoms with E-state index in [4.69, 9.17) is 38.8 Å². The van der Waals surface area contributed by atoms with Crippen LogP contribution in [0, 0.1) is 15.5 Å². The number of ether oxygens (including phenoxy) is 2. The number of aliphatic imine (C=N–C) groups is 4. The molecule has 0 radical (unpaired) electrons. The molecule has 4 fully saturated rings. The molecule has 31 nitrogen and oxygen atoms in total. The fraction of sp³-hybridized carbons (Fsp3) is 0.297. The second kappa shape index (κ2) is 49.0. The zero-order valence-corrected chi connectivity index (χ0v) is 93.8. The number of nitrogens with zero attached hydrogens (tertiary/aromatic N) is 12. The van der Waals surface area contributed by atoms with Gasteiger partial charge < -0.3 is 80.5 Å². The molecule has 37 heteroatoms. The number of aromatic nitrogens is 8. The van der Waals surface area contributed by atoms with Crippen molar-refractivity contribution in [2.45, 2.75) is 118 Å². The molecule has 6 N–H and O–H groups in total.